The number of aliphatic hydroxyl groups is 1. The van der Waals surface area contributed by atoms with Crippen molar-refractivity contribution < 1.29 is 31.4 Å². The fourth-order valence-corrected chi connectivity index (χ4v) is 4.36. The molecule has 0 fully saturated rings. The standard InChI is InChI=1S/C23H16F6N2OS/c24-22(25,26)16-6-9-19(10-7-16)33-14-21(32,23(27,28)29)17-8-11-20-15(12-17)13-30-31(20)18-4-2-1-3-5-18/h1-13,32H,14H2. The Kier molecular flexibility index (Phi) is 5.92. The van der Waals surface area contributed by atoms with Crippen molar-refractivity contribution in [2.45, 2.75) is 22.8 Å². The summed E-state index contributed by atoms with van der Waals surface area (Å²) in [6.45, 7) is 0. The van der Waals surface area contributed by atoms with Gasteiger partial charge in [0.25, 0.3) is 0 Å². The van der Waals surface area contributed by atoms with Gasteiger partial charge in [0, 0.05) is 16.0 Å². The number of para-hydroxylation sites is 1. The highest BCUT2D eigenvalue weighted by Crippen LogP contribution is 2.43. The van der Waals surface area contributed by atoms with Gasteiger partial charge >= 0.3 is 12.4 Å². The van der Waals surface area contributed by atoms with Gasteiger partial charge in [0.1, 0.15) is 0 Å². The second kappa shape index (κ2) is 8.42. The predicted octanol–water partition coefficient (Wildman–Crippen LogP) is 6.59. The normalized spacial score (nSPS) is 14.4. The highest BCUT2D eigenvalue weighted by atomic mass is 32.2. The average molecular weight is 482 g/mol. The first-order valence-electron chi connectivity index (χ1n) is 9.62. The molecule has 1 atom stereocenters. The number of halogens is 6. The van der Waals surface area contributed by atoms with Crippen LogP contribution in [0.15, 0.2) is 83.9 Å². The number of fused-ring (bicyclic) bond motifs is 1. The molecule has 0 aliphatic carbocycles. The van der Waals surface area contributed by atoms with E-state index >= 15 is 0 Å². The van der Waals surface area contributed by atoms with Gasteiger partial charge in [-0.05, 0) is 54.1 Å². The molecule has 4 aromatic rings. The minimum Gasteiger partial charge on any atom is -0.376 e. The van der Waals surface area contributed by atoms with Gasteiger partial charge in [-0.2, -0.15) is 31.4 Å². The van der Waals surface area contributed by atoms with Crippen LogP contribution in [0, 0.1) is 0 Å². The van der Waals surface area contributed by atoms with Crippen LogP contribution in [0.4, 0.5) is 26.3 Å². The zero-order valence-electron chi connectivity index (χ0n) is 16.7. The van der Waals surface area contributed by atoms with E-state index in [1.54, 1.807) is 28.9 Å². The van der Waals surface area contributed by atoms with Crippen molar-refractivity contribution in [3.63, 3.8) is 0 Å². The molecule has 1 unspecified atom stereocenters. The minimum atomic E-state index is -5.02. The predicted molar refractivity (Wildman–Crippen MR) is 113 cm³/mol. The number of alkyl halides is 6. The van der Waals surface area contributed by atoms with E-state index in [9.17, 15) is 31.4 Å². The first-order chi connectivity index (χ1) is 15.5. The van der Waals surface area contributed by atoms with E-state index < -0.39 is 29.3 Å². The number of nitrogens with zero attached hydrogens (tertiary/aromatic N) is 2. The monoisotopic (exact) mass is 482 g/mol. The largest absolute Gasteiger partial charge is 0.422 e. The number of hydrogen-bond donors (Lipinski definition) is 1. The van der Waals surface area contributed by atoms with E-state index in [0.29, 0.717) is 22.7 Å². The zero-order chi connectivity index (χ0) is 23.9. The lowest BCUT2D eigenvalue weighted by molar-refractivity contribution is -0.256. The summed E-state index contributed by atoms with van der Waals surface area (Å²) in [5.41, 5.74) is -3.22. The molecule has 33 heavy (non-hydrogen) atoms. The van der Waals surface area contributed by atoms with E-state index in [1.165, 1.54) is 24.4 Å². The summed E-state index contributed by atoms with van der Waals surface area (Å²) < 4.78 is 81.5. The summed E-state index contributed by atoms with van der Waals surface area (Å²) in [6, 6.07) is 16.6. The number of rotatable bonds is 5. The molecule has 1 heterocycles. The number of benzene rings is 3. The molecule has 172 valence electrons. The van der Waals surface area contributed by atoms with Gasteiger partial charge in [-0.3, -0.25) is 0 Å². The molecule has 0 spiro atoms. The van der Waals surface area contributed by atoms with Gasteiger partial charge in [-0.15, -0.1) is 11.8 Å². The first kappa shape index (κ1) is 23.2. The van der Waals surface area contributed by atoms with E-state index in [4.69, 9.17) is 0 Å². The Bertz CT molecular complexity index is 1250. The number of aromatic nitrogens is 2. The highest BCUT2D eigenvalue weighted by molar-refractivity contribution is 7.99. The van der Waals surface area contributed by atoms with Crippen molar-refractivity contribution in [2.24, 2.45) is 0 Å². The van der Waals surface area contributed by atoms with Crippen LogP contribution < -0.4 is 0 Å². The summed E-state index contributed by atoms with van der Waals surface area (Å²) in [5, 5.41) is 15.3. The third-order valence-electron chi connectivity index (χ3n) is 5.14. The highest BCUT2D eigenvalue weighted by Gasteiger charge is 2.55. The van der Waals surface area contributed by atoms with Gasteiger partial charge in [0.05, 0.1) is 23.0 Å². The van der Waals surface area contributed by atoms with Crippen molar-refractivity contribution in [3.05, 3.63) is 90.1 Å². The Balaban J connectivity index is 1.64. The Morgan fingerprint density at radius 1 is 0.818 bits per heavy atom. The molecule has 3 nitrogen and oxygen atoms in total. The molecule has 0 bridgehead atoms. The fourth-order valence-electron chi connectivity index (χ4n) is 3.32. The molecule has 3 aromatic carbocycles. The zero-order valence-corrected chi connectivity index (χ0v) is 17.5. The fraction of sp³-hybridized carbons (Fsp3) is 0.174. The quantitative estimate of drug-likeness (QED) is 0.258. The Morgan fingerprint density at radius 2 is 1.45 bits per heavy atom. The molecule has 0 aliphatic rings. The average Bonchev–Trinajstić information content (AvgIpc) is 3.20. The van der Waals surface area contributed by atoms with Crippen molar-refractivity contribution >= 4 is 22.7 Å². The van der Waals surface area contributed by atoms with Gasteiger partial charge in [-0.25, -0.2) is 4.68 Å². The third-order valence-corrected chi connectivity index (χ3v) is 6.31. The molecule has 0 amide bonds. The second-order valence-electron chi connectivity index (χ2n) is 7.33. The summed E-state index contributed by atoms with van der Waals surface area (Å²) >= 11 is 0.618. The van der Waals surface area contributed by atoms with E-state index in [2.05, 4.69) is 5.10 Å². The number of thioether (sulfide) groups is 1. The molecule has 4 rings (SSSR count). The molecule has 0 aliphatic heterocycles. The Hall–Kier alpha value is -2.98. The molecule has 0 saturated carbocycles. The van der Waals surface area contributed by atoms with Crippen LogP contribution in [-0.2, 0) is 11.8 Å². The van der Waals surface area contributed by atoms with Crippen LogP contribution in [0.3, 0.4) is 0 Å². The summed E-state index contributed by atoms with van der Waals surface area (Å²) in [4.78, 5) is 0.170. The molecule has 0 radical (unpaired) electrons. The van der Waals surface area contributed by atoms with E-state index in [-0.39, 0.29) is 10.5 Å². The minimum absolute atomic E-state index is 0.170. The van der Waals surface area contributed by atoms with Crippen molar-refractivity contribution in [2.75, 3.05) is 5.75 Å². The lowest BCUT2D eigenvalue weighted by atomic mass is 9.94. The molecule has 1 N–H and O–H groups in total. The van der Waals surface area contributed by atoms with Gasteiger partial charge in [-0.1, -0.05) is 24.3 Å². The smallest absolute Gasteiger partial charge is 0.376 e. The van der Waals surface area contributed by atoms with E-state index in [1.807, 2.05) is 6.07 Å². The summed E-state index contributed by atoms with van der Waals surface area (Å²) in [7, 11) is 0. The molecule has 1 aromatic heterocycles. The van der Waals surface area contributed by atoms with Crippen molar-refractivity contribution in [1.82, 2.24) is 9.78 Å². The third kappa shape index (κ3) is 4.58. The first-order valence-corrected chi connectivity index (χ1v) is 10.6. The topological polar surface area (TPSA) is 38.1 Å². The maximum absolute atomic E-state index is 14.0. The van der Waals surface area contributed by atoms with Crippen LogP contribution in [0.25, 0.3) is 16.6 Å². The molecular weight excluding hydrogens is 466 g/mol. The molecular formula is C23H16F6N2OS. The van der Waals surface area contributed by atoms with Crippen LogP contribution in [0.5, 0.6) is 0 Å². The molecule has 10 heteroatoms. The van der Waals surface area contributed by atoms with E-state index in [0.717, 1.165) is 30.0 Å². The lowest BCUT2D eigenvalue weighted by Crippen LogP contribution is -2.44. The van der Waals surface area contributed by atoms with Crippen molar-refractivity contribution in [1.29, 1.82) is 0 Å². The number of hydrogen-bond acceptors (Lipinski definition) is 3. The van der Waals surface area contributed by atoms with Gasteiger partial charge < -0.3 is 5.11 Å². The lowest BCUT2D eigenvalue weighted by Gasteiger charge is -2.31. The van der Waals surface area contributed by atoms with Gasteiger partial charge in [0.2, 0.25) is 0 Å². The summed E-state index contributed by atoms with van der Waals surface area (Å²) in [6.07, 6.45) is -8.16. The van der Waals surface area contributed by atoms with Gasteiger partial charge in [0.15, 0.2) is 5.60 Å². The van der Waals surface area contributed by atoms with Crippen molar-refractivity contribution in [3.8, 4) is 5.69 Å². The van der Waals surface area contributed by atoms with Crippen LogP contribution in [-0.4, -0.2) is 26.8 Å². The maximum atomic E-state index is 14.0. The van der Waals surface area contributed by atoms with Crippen LogP contribution >= 0.6 is 11.8 Å². The Labute approximate surface area is 188 Å². The summed E-state index contributed by atoms with van der Waals surface area (Å²) in [5.74, 6) is -0.833. The van der Waals surface area contributed by atoms with Crippen LogP contribution in [0.2, 0.25) is 0 Å². The maximum Gasteiger partial charge on any atom is 0.422 e. The Morgan fingerprint density at radius 3 is 2.06 bits per heavy atom. The second-order valence-corrected chi connectivity index (χ2v) is 8.38. The van der Waals surface area contributed by atoms with Crippen LogP contribution in [0.1, 0.15) is 11.1 Å². The molecule has 0 saturated heterocycles. The SMILES string of the molecule is OC(CSc1ccc(C(F)(F)F)cc1)(c1ccc2c(cnn2-c2ccccc2)c1)C(F)(F)F.